The van der Waals surface area contributed by atoms with E-state index in [1.807, 2.05) is 55.5 Å². The molecule has 2 aromatic heterocycles. The molecule has 1 aromatic carbocycles. The number of carbonyl (C=O) groups excluding carboxylic acids is 1. The van der Waals surface area contributed by atoms with E-state index in [4.69, 9.17) is 13.6 Å². The molecule has 29 heavy (non-hydrogen) atoms. The van der Waals surface area contributed by atoms with Crippen LogP contribution in [-0.4, -0.2) is 30.3 Å². The summed E-state index contributed by atoms with van der Waals surface area (Å²) in [6.07, 6.45) is 3.81. The molecule has 2 atom stereocenters. The largest absolute Gasteiger partial charge is 0.497 e. The van der Waals surface area contributed by atoms with Gasteiger partial charge in [-0.15, -0.1) is 0 Å². The van der Waals surface area contributed by atoms with E-state index in [0.29, 0.717) is 12.2 Å². The van der Waals surface area contributed by atoms with Crippen LogP contribution in [0.4, 0.5) is 0 Å². The Kier molecular flexibility index (Phi) is 5.48. The Morgan fingerprint density at radius 2 is 1.97 bits per heavy atom. The van der Waals surface area contributed by atoms with Crippen molar-refractivity contribution in [1.29, 1.82) is 0 Å². The molecular formula is C22H23N3O4. The molecule has 3 heterocycles. The third kappa shape index (κ3) is 4.09. The highest BCUT2D eigenvalue weighted by Crippen LogP contribution is 2.33. The first-order valence-electron chi connectivity index (χ1n) is 9.50. The molecule has 0 saturated carbocycles. The molecule has 7 nitrogen and oxygen atoms in total. The van der Waals surface area contributed by atoms with Crippen LogP contribution in [0.25, 0.3) is 0 Å². The van der Waals surface area contributed by atoms with Crippen molar-refractivity contribution in [2.24, 2.45) is 5.10 Å². The number of carbonyl (C=O) groups is 1. The predicted molar refractivity (Wildman–Crippen MR) is 108 cm³/mol. The van der Waals surface area contributed by atoms with Crippen LogP contribution in [0.15, 0.2) is 75.0 Å². The fourth-order valence-electron chi connectivity index (χ4n) is 3.36. The second-order valence-electron chi connectivity index (χ2n) is 6.87. The number of ether oxygens (including phenoxy) is 1. The van der Waals surface area contributed by atoms with Crippen LogP contribution in [0.3, 0.4) is 0 Å². The first-order chi connectivity index (χ1) is 14.2. The molecule has 0 fully saturated rings. The van der Waals surface area contributed by atoms with E-state index in [2.05, 4.69) is 10.4 Å². The fraction of sp³-hybridized carbons (Fsp3) is 0.273. The van der Waals surface area contributed by atoms with Gasteiger partial charge in [-0.05, 0) is 61.0 Å². The van der Waals surface area contributed by atoms with E-state index in [1.165, 1.54) is 5.01 Å². The van der Waals surface area contributed by atoms with Gasteiger partial charge in [-0.3, -0.25) is 10.1 Å². The third-order valence-corrected chi connectivity index (χ3v) is 4.99. The van der Waals surface area contributed by atoms with Gasteiger partial charge in [0.2, 0.25) is 0 Å². The minimum atomic E-state index is -0.268. The lowest BCUT2D eigenvalue weighted by atomic mass is 10.0. The molecule has 1 aliphatic heterocycles. The number of methoxy groups -OCH3 is 1. The summed E-state index contributed by atoms with van der Waals surface area (Å²) in [5, 5.41) is 9.34. The summed E-state index contributed by atoms with van der Waals surface area (Å²) >= 11 is 0. The second kappa shape index (κ2) is 8.36. The Labute approximate surface area is 168 Å². The third-order valence-electron chi connectivity index (χ3n) is 4.99. The molecule has 150 valence electrons. The average molecular weight is 393 g/mol. The van der Waals surface area contributed by atoms with Gasteiger partial charge < -0.3 is 13.6 Å². The highest BCUT2D eigenvalue weighted by molar-refractivity contribution is 6.03. The maximum Gasteiger partial charge on any atom is 0.257 e. The zero-order chi connectivity index (χ0) is 20.2. The summed E-state index contributed by atoms with van der Waals surface area (Å²) in [6.45, 7) is 2.09. The molecule has 0 aliphatic carbocycles. The van der Waals surface area contributed by atoms with Gasteiger partial charge in [-0.2, -0.15) is 5.10 Å². The number of hydrazone groups is 1. The van der Waals surface area contributed by atoms with Crippen LogP contribution in [0.5, 0.6) is 5.75 Å². The normalized spacial score (nSPS) is 17.2. The van der Waals surface area contributed by atoms with Crippen LogP contribution in [0, 0.1) is 0 Å². The van der Waals surface area contributed by atoms with Crippen LogP contribution in [-0.2, 0) is 4.79 Å². The lowest BCUT2D eigenvalue weighted by Crippen LogP contribution is -2.36. The number of nitrogens with one attached hydrogen (secondary N) is 1. The Bertz CT molecular complexity index is 962. The summed E-state index contributed by atoms with van der Waals surface area (Å²) in [5.41, 5.74) is 1.79. The minimum absolute atomic E-state index is 0.0799. The lowest BCUT2D eigenvalue weighted by Gasteiger charge is -2.21. The molecule has 7 heteroatoms. The number of hydrogen-bond donors (Lipinski definition) is 1. The molecule has 1 aliphatic rings. The van der Waals surface area contributed by atoms with Gasteiger partial charge in [-0.1, -0.05) is 0 Å². The Morgan fingerprint density at radius 3 is 2.62 bits per heavy atom. The average Bonchev–Trinajstić information content (AvgIpc) is 3.52. The topological polar surface area (TPSA) is 80.2 Å². The number of rotatable bonds is 7. The van der Waals surface area contributed by atoms with Gasteiger partial charge >= 0.3 is 0 Å². The Morgan fingerprint density at radius 1 is 1.21 bits per heavy atom. The zero-order valence-electron chi connectivity index (χ0n) is 16.4. The van der Waals surface area contributed by atoms with E-state index in [9.17, 15) is 4.79 Å². The highest BCUT2D eigenvalue weighted by atomic mass is 16.5. The van der Waals surface area contributed by atoms with Gasteiger partial charge in [0, 0.05) is 6.42 Å². The molecule has 4 rings (SSSR count). The van der Waals surface area contributed by atoms with E-state index >= 15 is 0 Å². The maximum absolute atomic E-state index is 13.0. The summed E-state index contributed by atoms with van der Waals surface area (Å²) in [4.78, 5) is 13.0. The van der Waals surface area contributed by atoms with Crippen molar-refractivity contribution < 1.29 is 18.4 Å². The van der Waals surface area contributed by atoms with Crippen LogP contribution in [0.2, 0.25) is 0 Å². The van der Waals surface area contributed by atoms with Crippen molar-refractivity contribution >= 4 is 11.6 Å². The molecule has 0 saturated heterocycles. The van der Waals surface area contributed by atoms with Gasteiger partial charge in [0.1, 0.15) is 23.3 Å². The summed E-state index contributed by atoms with van der Waals surface area (Å²) in [6, 6.07) is 14.7. The second-order valence-corrected chi connectivity index (χ2v) is 6.87. The summed E-state index contributed by atoms with van der Waals surface area (Å²) in [5.74, 6) is 2.14. The van der Waals surface area contributed by atoms with Crippen molar-refractivity contribution in [2.45, 2.75) is 25.4 Å². The minimum Gasteiger partial charge on any atom is -0.497 e. The van der Waals surface area contributed by atoms with Gasteiger partial charge in [-0.25, -0.2) is 5.01 Å². The van der Waals surface area contributed by atoms with E-state index < -0.39 is 0 Å². The number of furan rings is 2. The predicted octanol–water partition coefficient (Wildman–Crippen LogP) is 3.91. The quantitative estimate of drug-likeness (QED) is 0.658. The van der Waals surface area contributed by atoms with Crippen molar-refractivity contribution in [1.82, 2.24) is 10.3 Å². The maximum atomic E-state index is 13.0. The first kappa shape index (κ1) is 19.0. The smallest absolute Gasteiger partial charge is 0.257 e. The van der Waals surface area contributed by atoms with Crippen LogP contribution < -0.4 is 10.1 Å². The Balaban J connectivity index is 1.51. The van der Waals surface area contributed by atoms with Crippen molar-refractivity contribution in [3.8, 4) is 5.75 Å². The summed E-state index contributed by atoms with van der Waals surface area (Å²) < 4.78 is 16.2. The number of nitrogens with zero attached hydrogens (tertiary/aromatic N) is 2. The Hall–Kier alpha value is -3.32. The molecule has 3 aromatic rings. The van der Waals surface area contributed by atoms with Gasteiger partial charge in [0.25, 0.3) is 5.91 Å². The lowest BCUT2D eigenvalue weighted by molar-refractivity contribution is -0.132. The molecule has 0 bridgehead atoms. The molecule has 0 spiro atoms. The summed E-state index contributed by atoms with van der Waals surface area (Å²) in [7, 11) is 1.63. The van der Waals surface area contributed by atoms with E-state index in [0.717, 1.165) is 22.8 Å². The van der Waals surface area contributed by atoms with Crippen LogP contribution >= 0.6 is 0 Å². The zero-order valence-corrected chi connectivity index (χ0v) is 16.4. The number of amides is 1. The first-order valence-corrected chi connectivity index (χ1v) is 9.50. The van der Waals surface area contributed by atoms with Gasteiger partial charge in [0.15, 0.2) is 0 Å². The highest BCUT2D eigenvalue weighted by Gasteiger charge is 2.34. The van der Waals surface area contributed by atoms with Crippen molar-refractivity contribution in [3.05, 3.63) is 78.1 Å². The molecule has 0 radical (unpaired) electrons. The standard InChI is InChI=1S/C22H23N3O4/c1-15(20-5-3-11-28-20)23-14-22(26)25-19(21-6-4-12-29-21)13-18(24-25)16-7-9-17(27-2)10-8-16/h3-12,15,19,23H,13-14H2,1-2H3/t15-,19+/m1/s1. The molecular weight excluding hydrogens is 370 g/mol. The monoisotopic (exact) mass is 393 g/mol. The molecule has 0 unspecified atom stereocenters. The molecule has 1 N–H and O–H groups in total. The van der Waals surface area contributed by atoms with Gasteiger partial charge in [0.05, 0.1) is 37.9 Å². The number of hydrogen-bond acceptors (Lipinski definition) is 6. The van der Waals surface area contributed by atoms with Crippen molar-refractivity contribution in [3.63, 3.8) is 0 Å². The van der Waals surface area contributed by atoms with E-state index in [1.54, 1.807) is 19.6 Å². The SMILES string of the molecule is COc1ccc(C2=NN(C(=O)CN[C@H](C)c3ccco3)[C@H](c3ccco3)C2)cc1. The van der Waals surface area contributed by atoms with E-state index in [-0.39, 0.29) is 24.5 Å². The number of benzene rings is 1. The van der Waals surface area contributed by atoms with Crippen LogP contribution in [0.1, 0.15) is 42.5 Å². The van der Waals surface area contributed by atoms with Crippen molar-refractivity contribution in [2.75, 3.05) is 13.7 Å². The fourth-order valence-corrected chi connectivity index (χ4v) is 3.36. The molecule has 1 amide bonds.